The number of amides is 1. The Morgan fingerprint density at radius 1 is 1.10 bits per heavy atom. The summed E-state index contributed by atoms with van der Waals surface area (Å²) >= 11 is 0. The Balaban J connectivity index is 1.97. The molecule has 0 spiro atoms. The molecule has 1 aliphatic rings. The average Bonchev–Trinajstić information content (AvgIpc) is 2.35. The molecule has 1 aliphatic heterocycles. The number of carbonyl (C=O) groups is 1. The number of hydrogen-bond acceptors (Lipinski definition) is 3. The molecule has 0 unspecified atom stereocenters. The van der Waals surface area contributed by atoms with E-state index in [4.69, 9.17) is 0 Å². The van der Waals surface area contributed by atoms with Gasteiger partial charge in [0.05, 0.1) is 5.60 Å². The number of hydrogen-bond donors (Lipinski definition) is 1. The number of benzene rings is 1. The second kappa shape index (κ2) is 6.16. The van der Waals surface area contributed by atoms with Crippen molar-refractivity contribution in [3.8, 4) is 0 Å². The molecular formula is C17H26N2O2. The molecule has 0 saturated carbocycles. The fraction of sp³-hybridized carbons (Fsp3) is 0.588. The smallest absolute Gasteiger partial charge is 0.253 e. The van der Waals surface area contributed by atoms with Gasteiger partial charge in [0.1, 0.15) is 0 Å². The van der Waals surface area contributed by atoms with E-state index in [0.29, 0.717) is 6.54 Å². The van der Waals surface area contributed by atoms with Crippen molar-refractivity contribution in [2.75, 3.05) is 32.7 Å². The zero-order chi connectivity index (χ0) is 15.6. The van der Waals surface area contributed by atoms with Crippen molar-refractivity contribution >= 4 is 5.91 Å². The molecule has 0 radical (unpaired) electrons. The summed E-state index contributed by atoms with van der Waals surface area (Å²) in [6.07, 6.45) is 0. The summed E-state index contributed by atoms with van der Waals surface area (Å²) in [6.45, 7) is 11.4. The highest BCUT2D eigenvalue weighted by Gasteiger charge is 2.25. The van der Waals surface area contributed by atoms with E-state index in [1.54, 1.807) is 0 Å². The highest BCUT2D eigenvalue weighted by Crippen LogP contribution is 2.14. The van der Waals surface area contributed by atoms with Gasteiger partial charge in [0.2, 0.25) is 0 Å². The van der Waals surface area contributed by atoms with Gasteiger partial charge in [-0.2, -0.15) is 0 Å². The van der Waals surface area contributed by atoms with Crippen LogP contribution in [0.2, 0.25) is 0 Å². The van der Waals surface area contributed by atoms with E-state index in [-0.39, 0.29) is 5.91 Å². The van der Waals surface area contributed by atoms with E-state index in [1.165, 1.54) is 0 Å². The Bertz CT molecular complexity index is 492. The number of nitrogens with zero attached hydrogens (tertiary/aromatic N) is 2. The fourth-order valence-electron chi connectivity index (χ4n) is 2.94. The predicted octanol–water partition coefficient (Wildman–Crippen LogP) is 1.83. The molecule has 1 aromatic carbocycles. The number of rotatable bonds is 3. The first-order chi connectivity index (χ1) is 9.74. The minimum Gasteiger partial charge on any atom is -0.389 e. The van der Waals surface area contributed by atoms with Gasteiger partial charge < -0.3 is 10.0 Å². The first-order valence-corrected chi connectivity index (χ1v) is 7.57. The predicted molar refractivity (Wildman–Crippen MR) is 84.6 cm³/mol. The van der Waals surface area contributed by atoms with Crippen LogP contribution in [0.15, 0.2) is 18.2 Å². The summed E-state index contributed by atoms with van der Waals surface area (Å²) in [5.41, 5.74) is 2.35. The summed E-state index contributed by atoms with van der Waals surface area (Å²) in [5, 5.41) is 9.86. The summed E-state index contributed by atoms with van der Waals surface area (Å²) in [5.74, 6) is 0.115. The molecule has 4 nitrogen and oxygen atoms in total. The first-order valence-electron chi connectivity index (χ1n) is 7.57. The quantitative estimate of drug-likeness (QED) is 0.923. The van der Waals surface area contributed by atoms with Gasteiger partial charge in [0, 0.05) is 38.3 Å². The van der Waals surface area contributed by atoms with Crippen molar-refractivity contribution in [3.63, 3.8) is 0 Å². The molecule has 1 N–H and O–H groups in total. The second-order valence-electron chi connectivity index (χ2n) is 6.76. The molecule has 0 atom stereocenters. The number of carbonyl (C=O) groups excluding carboxylic acids is 1. The molecule has 1 saturated heterocycles. The second-order valence-corrected chi connectivity index (χ2v) is 6.76. The minimum atomic E-state index is -0.681. The standard InChI is InChI=1S/C17H26N2O2/c1-13-9-14(2)11-15(10-13)16(20)19-7-5-18(6-8-19)12-17(3,4)21/h9-11,21H,5-8,12H2,1-4H3. The van der Waals surface area contributed by atoms with Gasteiger partial charge in [-0.3, -0.25) is 9.69 Å². The maximum absolute atomic E-state index is 12.6. The fourth-order valence-corrected chi connectivity index (χ4v) is 2.94. The molecular weight excluding hydrogens is 264 g/mol. The normalized spacial score (nSPS) is 17.1. The highest BCUT2D eigenvalue weighted by atomic mass is 16.3. The van der Waals surface area contributed by atoms with Crippen LogP contribution in [0, 0.1) is 13.8 Å². The van der Waals surface area contributed by atoms with Crippen LogP contribution in [0.3, 0.4) is 0 Å². The Kier molecular flexibility index (Phi) is 4.69. The van der Waals surface area contributed by atoms with E-state index >= 15 is 0 Å². The van der Waals surface area contributed by atoms with E-state index < -0.39 is 5.60 Å². The summed E-state index contributed by atoms with van der Waals surface area (Å²) in [7, 11) is 0. The lowest BCUT2D eigenvalue weighted by atomic mass is 10.1. The molecule has 4 heteroatoms. The zero-order valence-electron chi connectivity index (χ0n) is 13.5. The minimum absolute atomic E-state index is 0.115. The van der Waals surface area contributed by atoms with Crippen LogP contribution >= 0.6 is 0 Å². The Morgan fingerprint density at radius 3 is 2.10 bits per heavy atom. The lowest BCUT2D eigenvalue weighted by molar-refractivity contribution is 0.0178. The third kappa shape index (κ3) is 4.55. The number of aliphatic hydroxyl groups is 1. The Labute approximate surface area is 127 Å². The van der Waals surface area contributed by atoms with Crippen molar-refractivity contribution in [1.82, 2.24) is 9.80 Å². The van der Waals surface area contributed by atoms with Gasteiger partial charge in [-0.1, -0.05) is 17.2 Å². The van der Waals surface area contributed by atoms with Gasteiger partial charge in [0.15, 0.2) is 0 Å². The molecule has 0 aliphatic carbocycles. The lowest BCUT2D eigenvalue weighted by Gasteiger charge is -2.37. The molecule has 1 aromatic rings. The Morgan fingerprint density at radius 2 is 1.62 bits per heavy atom. The Hall–Kier alpha value is -1.39. The van der Waals surface area contributed by atoms with E-state index in [0.717, 1.165) is 42.9 Å². The van der Waals surface area contributed by atoms with Gasteiger partial charge in [-0.15, -0.1) is 0 Å². The van der Waals surface area contributed by atoms with Gasteiger partial charge >= 0.3 is 0 Å². The molecule has 1 fully saturated rings. The van der Waals surface area contributed by atoms with Crippen molar-refractivity contribution in [1.29, 1.82) is 0 Å². The molecule has 116 valence electrons. The van der Waals surface area contributed by atoms with Crippen LogP contribution in [-0.4, -0.2) is 59.1 Å². The monoisotopic (exact) mass is 290 g/mol. The molecule has 21 heavy (non-hydrogen) atoms. The lowest BCUT2D eigenvalue weighted by Crippen LogP contribution is -2.52. The first kappa shape index (κ1) is 16.0. The summed E-state index contributed by atoms with van der Waals surface area (Å²) < 4.78 is 0. The van der Waals surface area contributed by atoms with Gasteiger partial charge in [-0.05, 0) is 39.8 Å². The van der Waals surface area contributed by atoms with Crippen LogP contribution in [0.4, 0.5) is 0 Å². The molecule has 0 aromatic heterocycles. The summed E-state index contributed by atoms with van der Waals surface area (Å²) in [6, 6.07) is 6.00. The maximum atomic E-state index is 12.6. The van der Waals surface area contributed by atoms with E-state index in [2.05, 4.69) is 11.0 Å². The van der Waals surface area contributed by atoms with Crippen molar-refractivity contribution in [2.24, 2.45) is 0 Å². The topological polar surface area (TPSA) is 43.8 Å². The molecule has 2 rings (SSSR count). The SMILES string of the molecule is Cc1cc(C)cc(C(=O)N2CCN(CC(C)(C)O)CC2)c1. The van der Waals surface area contributed by atoms with Crippen molar-refractivity contribution < 1.29 is 9.90 Å². The van der Waals surface area contributed by atoms with Crippen LogP contribution < -0.4 is 0 Å². The van der Waals surface area contributed by atoms with Crippen molar-refractivity contribution in [3.05, 3.63) is 34.9 Å². The zero-order valence-corrected chi connectivity index (χ0v) is 13.5. The maximum Gasteiger partial charge on any atom is 0.253 e. The molecule has 1 heterocycles. The number of aryl methyl sites for hydroxylation is 2. The van der Waals surface area contributed by atoms with Gasteiger partial charge in [0.25, 0.3) is 5.91 Å². The van der Waals surface area contributed by atoms with Crippen LogP contribution in [-0.2, 0) is 0 Å². The largest absolute Gasteiger partial charge is 0.389 e. The highest BCUT2D eigenvalue weighted by molar-refractivity contribution is 5.94. The number of piperazine rings is 1. The van der Waals surface area contributed by atoms with Crippen molar-refractivity contribution in [2.45, 2.75) is 33.3 Å². The van der Waals surface area contributed by atoms with Crippen LogP contribution in [0.1, 0.15) is 35.3 Å². The van der Waals surface area contributed by atoms with Gasteiger partial charge in [-0.25, -0.2) is 0 Å². The van der Waals surface area contributed by atoms with E-state index in [1.807, 2.05) is 44.7 Å². The average molecular weight is 290 g/mol. The van der Waals surface area contributed by atoms with Crippen LogP contribution in [0.5, 0.6) is 0 Å². The van der Waals surface area contributed by atoms with E-state index in [9.17, 15) is 9.90 Å². The number of β-amino-alcohol motifs (C(OH)–C–C–N with tert-alkyl or cyclic N) is 1. The van der Waals surface area contributed by atoms with Crippen LogP contribution in [0.25, 0.3) is 0 Å². The summed E-state index contributed by atoms with van der Waals surface area (Å²) in [4.78, 5) is 16.7. The third-order valence-corrected chi connectivity index (χ3v) is 3.74. The molecule has 0 bridgehead atoms. The molecule has 1 amide bonds. The third-order valence-electron chi connectivity index (χ3n) is 3.74.